The molecule has 2 N–H and O–H groups in total. The monoisotopic (exact) mass is 456 g/mol. The minimum Gasteiger partial charge on any atom is -0.473 e. The first kappa shape index (κ1) is 30.1. The normalized spacial score (nSPS) is 11.6. The highest BCUT2D eigenvalue weighted by molar-refractivity contribution is 6.27. The van der Waals surface area contributed by atoms with Crippen molar-refractivity contribution in [3.63, 3.8) is 0 Å². The van der Waals surface area contributed by atoms with Crippen LogP contribution in [0.3, 0.4) is 0 Å². The number of hydrogen-bond acceptors (Lipinski definition) is 5. The van der Waals surface area contributed by atoms with E-state index < -0.39 is 11.9 Å². The molecule has 0 bridgehead atoms. The van der Waals surface area contributed by atoms with Crippen LogP contribution < -0.4 is 0 Å². The third-order valence-corrected chi connectivity index (χ3v) is 4.95. The molecule has 1 heterocycles. The van der Waals surface area contributed by atoms with Crippen LogP contribution in [0.5, 0.6) is 0 Å². The van der Waals surface area contributed by atoms with E-state index in [0.29, 0.717) is 6.61 Å². The molecule has 1 rings (SSSR count). The summed E-state index contributed by atoms with van der Waals surface area (Å²) in [5.74, 6) is -3.65. The van der Waals surface area contributed by atoms with Gasteiger partial charge in [-0.1, -0.05) is 78.1 Å². The fourth-order valence-corrected chi connectivity index (χ4v) is 3.12. The van der Waals surface area contributed by atoms with E-state index in [9.17, 15) is 0 Å². The molecule has 0 aliphatic carbocycles. The Morgan fingerprint density at radius 2 is 1.38 bits per heavy atom. The van der Waals surface area contributed by atoms with Crippen LogP contribution in [0.2, 0.25) is 0 Å². The molecule has 0 radical (unpaired) electrons. The predicted octanol–water partition coefficient (Wildman–Crippen LogP) is 5.16. The second kappa shape index (κ2) is 22.3. The van der Waals surface area contributed by atoms with Crippen LogP contribution in [0, 0.1) is 0 Å². The summed E-state index contributed by atoms with van der Waals surface area (Å²) in [6.45, 7) is 7.71. The van der Waals surface area contributed by atoms with Crippen molar-refractivity contribution in [2.24, 2.45) is 0 Å². The number of imidazole rings is 1. The van der Waals surface area contributed by atoms with Gasteiger partial charge in [-0.15, -0.1) is 0 Å². The van der Waals surface area contributed by atoms with Crippen LogP contribution in [-0.4, -0.2) is 57.6 Å². The van der Waals surface area contributed by atoms with E-state index in [-0.39, 0.29) is 6.10 Å². The summed E-state index contributed by atoms with van der Waals surface area (Å²) >= 11 is 0. The van der Waals surface area contributed by atoms with E-state index in [4.69, 9.17) is 29.3 Å². The zero-order chi connectivity index (χ0) is 23.9. The fourth-order valence-electron chi connectivity index (χ4n) is 3.12. The number of carboxylic acids is 2. The maximum Gasteiger partial charge on any atom is 0.414 e. The van der Waals surface area contributed by atoms with E-state index in [1.165, 1.54) is 70.6 Å². The smallest absolute Gasteiger partial charge is 0.414 e. The number of unbranched alkanes of at least 4 members (excludes halogenated alkanes) is 10. The largest absolute Gasteiger partial charge is 0.473 e. The third kappa shape index (κ3) is 20.0. The SMILES string of the molecule is CCCCCCCCCCOCC(Cn1ccnc1)OCCCCCC.O=C(O)C(=O)O. The molecule has 0 saturated heterocycles. The molecule has 1 atom stereocenters. The molecule has 0 spiro atoms. The van der Waals surface area contributed by atoms with Gasteiger partial charge in [0.25, 0.3) is 0 Å². The quantitative estimate of drug-likeness (QED) is 0.218. The molecule has 8 heteroatoms. The Morgan fingerprint density at radius 1 is 0.844 bits per heavy atom. The Kier molecular flexibility index (Phi) is 20.9. The summed E-state index contributed by atoms with van der Waals surface area (Å²) in [5.41, 5.74) is 0. The molecular weight excluding hydrogens is 412 g/mol. The van der Waals surface area contributed by atoms with Crippen molar-refractivity contribution in [2.75, 3.05) is 19.8 Å². The highest BCUT2D eigenvalue weighted by Gasteiger charge is 2.10. The predicted molar refractivity (Wildman–Crippen MR) is 125 cm³/mol. The number of rotatable bonds is 19. The van der Waals surface area contributed by atoms with Crippen LogP contribution in [0.25, 0.3) is 0 Å². The second-order valence-corrected chi connectivity index (χ2v) is 7.97. The van der Waals surface area contributed by atoms with Gasteiger partial charge in [0.2, 0.25) is 0 Å². The number of aliphatic carboxylic acids is 2. The highest BCUT2D eigenvalue weighted by atomic mass is 16.5. The molecule has 1 aromatic rings. The Hall–Kier alpha value is -1.93. The molecule has 186 valence electrons. The lowest BCUT2D eigenvalue weighted by molar-refractivity contribution is -0.159. The fraction of sp³-hybridized carbons (Fsp3) is 0.792. The third-order valence-electron chi connectivity index (χ3n) is 4.95. The molecule has 1 aromatic heterocycles. The summed E-state index contributed by atoms with van der Waals surface area (Å²) in [5, 5.41) is 14.8. The van der Waals surface area contributed by atoms with Gasteiger partial charge in [0.1, 0.15) is 0 Å². The van der Waals surface area contributed by atoms with E-state index in [0.717, 1.165) is 26.2 Å². The van der Waals surface area contributed by atoms with Gasteiger partial charge in [0.05, 0.1) is 25.6 Å². The number of aromatic nitrogens is 2. The number of carboxylic acid groups (broad SMARTS) is 2. The van der Waals surface area contributed by atoms with Gasteiger partial charge in [-0.3, -0.25) is 0 Å². The summed E-state index contributed by atoms with van der Waals surface area (Å²) in [4.78, 5) is 22.3. The molecule has 1 unspecified atom stereocenters. The molecule has 0 aliphatic rings. The molecule has 0 aromatic carbocycles. The van der Waals surface area contributed by atoms with Crippen LogP contribution in [-0.2, 0) is 25.6 Å². The van der Waals surface area contributed by atoms with Crippen molar-refractivity contribution in [3.8, 4) is 0 Å². The molecule has 0 fully saturated rings. The second-order valence-electron chi connectivity index (χ2n) is 7.97. The van der Waals surface area contributed by atoms with Gasteiger partial charge in [0.15, 0.2) is 0 Å². The zero-order valence-corrected chi connectivity index (χ0v) is 20.0. The van der Waals surface area contributed by atoms with Gasteiger partial charge in [-0.05, 0) is 12.8 Å². The molecule has 32 heavy (non-hydrogen) atoms. The Labute approximate surface area is 193 Å². The van der Waals surface area contributed by atoms with Gasteiger partial charge < -0.3 is 24.3 Å². The van der Waals surface area contributed by atoms with E-state index in [1.807, 2.05) is 18.7 Å². The van der Waals surface area contributed by atoms with Crippen molar-refractivity contribution in [1.82, 2.24) is 9.55 Å². The summed E-state index contributed by atoms with van der Waals surface area (Å²) in [7, 11) is 0. The minimum atomic E-state index is -1.82. The minimum absolute atomic E-state index is 0.125. The summed E-state index contributed by atoms with van der Waals surface area (Å²) in [6.07, 6.45) is 21.4. The highest BCUT2D eigenvalue weighted by Crippen LogP contribution is 2.09. The molecular formula is C24H44N2O6. The standard InChI is InChI=1S/C22H42N2O2.C2H2O4/c1-3-5-7-9-10-11-12-13-17-25-20-22(19-24-16-15-23-21-24)26-18-14-8-6-4-2;3-1(4)2(5)6/h15-16,21-22H,3-14,17-20H2,1-2H3;(H,3,4)(H,5,6). The van der Waals surface area contributed by atoms with Gasteiger partial charge in [-0.2, -0.15) is 0 Å². The Bertz CT molecular complexity index is 539. The lowest BCUT2D eigenvalue weighted by Gasteiger charge is -2.18. The van der Waals surface area contributed by atoms with Gasteiger partial charge >= 0.3 is 11.9 Å². The Balaban J connectivity index is 0.00000140. The van der Waals surface area contributed by atoms with E-state index >= 15 is 0 Å². The van der Waals surface area contributed by atoms with Crippen LogP contribution in [0.15, 0.2) is 18.7 Å². The van der Waals surface area contributed by atoms with Gasteiger partial charge in [-0.25, -0.2) is 14.6 Å². The maximum absolute atomic E-state index is 9.10. The van der Waals surface area contributed by atoms with Crippen LogP contribution >= 0.6 is 0 Å². The van der Waals surface area contributed by atoms with Crippen molar-refractivity contribution in [3.05, 3.63) is 18.7 Å². The molecule has 0 saturated carbocycles. The van der Waals surface area contributed by atoms with E-state index in [2.05, 4.69) is 23.4 Å². The maximum atomic E-state index is 9.10. The average molecular weight is 457 g/mol. The van der Waals surface area contributed by atoms with Crippen LogP contribution in [0.1, 0.15) is 90.9 Å². The van der Waals surface area contributed by atoms with Crippen molar-refractivity contribution < 1.29 is 29.3 Å². The van der Waals surface area contributed by atoms with Crippen molar-refractivity contribution in [2.45, 2.75) is 104 Å². The number of hydrogen-bond donors (Lipinski definition) is 2. The van der Waals surface area contributed by atoms with E-state index in [1.54, 1.807) is 0 Å². The van der Waals surface area contributed by atoms with Crippen molar-refractivity contribution >= 4 is 11.9 Å². The average Bonchev–Trinajstić information content (AvgIpc) is 3.28. The topological polar surface area (TPSA) is 111 Å². The lowest BCUT2D eigenvalue weighted by atomic mass is 10.1. The Morgan fingerprint density at radius 3 is 1.91 bits per heavy atom. The first-order valence-electron chi connectivity index (χ1n) is 12.1. The first-order valence-corrected chi connectivity index (χ1v) is 12.1. The van der Waals surface area contributed by atoms with Crippen LogP contribution in [0.4, 0.5) is 0 Å². The number of ether oxygens (including phenoxy) is 2. The van der Waals surface area contributed by atoms with Crippen molar-refractivity contribution in [1.29, 1.82) is 0 Å². The first-order chi connectivity index (χ1) is 15.5. The molecule has 0 amide bonds. The summed E-state index contributed by atoms with van der Waals surface area (Å²) in [6, 6.07) is 0. The number of carbonyl (C=O) groups is 2. The lowest BCUT2D eigenvalue weighted by Crippen LogP contribution is -2.26. The zero-order valence-electron chi connectivity index (χ0n) is 20.0. The molecule has 8 nitrogen and oxygen atoms in total. The summed E-state index contributed by atoms with van der Waals surface area (Å²) < 4.78 is 14.1. The number of nitrogens with zero attached hydrogens (tertiary/aromatic N) is 2. The van der Waals surface area contributed by atoms with Gasteiger partial charge in [0, 0.05) is 25.6 Å². The molecule has 0 aliphatic heterocycles.